The summed E-state index contributed by atoms with van der Waals surface area (Å²) in [4.78, 5) is 21.2. The summed E-state index contributed by atoms with van der Waals surface area (Å²) in [6, 6.07) is 10.3. The van der Waals surface area contributed by atoms with E-state index in [-0.39, 0.29) is 11.3 Å². The molecule has 0 aliphatic rings. The topological polar surface area (TPSA) is 80.4 Å². The highest BCUT2D eigenvalue weighted by Crippen LogP contribution is 2.28. The Morgan fingerprint density at radius 3 is 2.32 bits per heavy atom. The number of non-ortho nitro benzene ring substituents is 1. The molecule has 2 rings (SSSR count). The molecule has 0 radical (unpaired) electrons. The maximum atomic E-state index is 11.2. The third-order valence-corrected chi connectivity index (χ3v) is 2.85. The van der Waals surface area contributed by atoms with Gasteiger partial charge in [0.25, 0.3) is 5.69 Å². The number of halogens is 1. The molecule has 0 fully saturated rings. The number of benzene rings is 2. The minimum atomic E-state index is -1.21. The van der Waals surface area contributed by atoms with Crippen molar-refractivity contribution in [3.05, 3.63) is 63.2 Å². The zero-order valence-corrected chi connectivity index (χ0v) is 10.3. The minimum Gasteiger partial charge on any atom is -0.478 e. The molecule has 0 unspecified atom stereocenters. The molecule has 5 nitrogen and oxygen atoms in total. The van der Waals surface area contributed by atoms with Crippen molar-refractivity contribution >= 4 is 23.3 Å². The smallest absolute Gasteiger partial charge is 0.336 e. The SMILES string of the molecule is O=C(O)c1cc([N+](=O)[O-])ccc1-c1ccc(Cl)cc1. The van der Waals surface area contributed by atoms with Gasteiger partial charge in [0, 0.05) is 17.2 Å². The number of aromatic carboxylic acids is 1. The third-order valence-electron chi connectivity index (χ3n) is 2.60. The highest BCUT2D eigenvalue weighted by Gasteiger charge is 2.16. The van der Waals surface area contributed by atoms with E-state index in [1.54, 1.807) is 24.3 Å². The van der Waals surface area contributed by atoms with Crippen molar-refractivity contribution in [3.63, 3.8) is 0 Å². The number of hydrogen-bond acceptors (Lipinski definition) is 3. The van der Waals surface area contributed by atoms with Crippen LogP contribution in [0.25, 0.3) is 11.1 Å². The molecule has 2 aromatic rings. The van der Waals surface area contributed by atoms with E-state index in [2.05, 4.69) is 0 Å². The molecule has 0 saturated carbocycles. The van der Waals surface area contributed by atoms with Crippen molar-refractivity contribution < 1.29 is 14.8 Å². The molecule has 0 atom stereocenters. The summed E-state index contributed by atoms with van der Waals surface area (Å²) in [6.45, 7) is 0. The molecule has 0 spiro atoms. The summed E-state index contributed by atoms with van der Waals surface area (Å²) in [5, 5.41) is 20.3. The van der Waals surface area contributed by atoms with Crippen LogP contribution >= 0.6 is 11.6 Å². The van der Waals surface area contributed by atoms with Crippen LogP contribution in [0.4, 0.5) is 5.69 Å². The van der Waals surface area contributed by atoms with Gasteiger partial charge in [-0.1, -0.05) is 23.7 Å². The van der Waals surface area contributed by atoms with Gasteiger partial charge in [-0.2, -0.15) is 0 Å². The molecule has 96 valence electrons. The number of nitro benzene ring substituents is 1. The first-order chi connectivity index (χ1) is 8.99. The first-order valence-corrected chi connectivity index (χ1v) is 5.64. The van der Waals surface area contributed by atoms with Crippen LogP contribution in [0.5, 0.6) is 0 Å². The average molecular weight is 278 g/mol. The van der Waals surface area contributed by atoms with Crippen LogP contribution in [-0.2, 0) is 0 Å². The number of carboxylic acids is 1. The molecule has 0 saturated heterocycles. The molecule has 0 bridgehead atoms. The molecule has 6 heteroatoms. The van der Waals surface area contributed by atoms with Crippen LogP contribution < -0.4 is 0 Å². The van der Waals surface area contributed by atoms with E-state index in [1.165, 1.54) is 12.1 Å². The van der Waals surface area contributed by atoms with Gasteiger partial charge in [0.2, 0.25) is 0 Å². The molecule has 0 heterocycles. The van der Waals surface area contributed by atoms with E-state index in [0.717, 1.165) is 6.07 Å². The van der Waals surface area contributed by atoms with E-state index >= 15 is 0 Å². The maximum Gasteiger partial charge on any atom is 0.336 e. The number of carboxylic acid groups (broad SMARTS) is 1. The number of nitrogens with zero attached hydrogens (tertiary/aromatic N) is 1. The van der Waals surface area contributed by atoms with Crippen molar-refractivity contribution in [3.8, 4) is 11.1 Å². The van der Waals surface area contributed by atoms with E-state index in [0.29, 0.717) is 16.1 Å². The summed E-state index contributed by atoms with van der Waals surface area (Å²) in [5.74, 6) is -1.21. The highest BCUT2D eigenvalue weighted by atomic mass is 35.5. The Morgan fingerprint density at radius 2 is 1.79 bits per heavy atom. The summed E-state index contributed by atoms with van der Waals surface area (Å²) >= 11 is 5.76. The lowest BCUT2D eigenvalue weighted by atomic mass is 9.99. The predicted molar refractivity (Wildman–Crippen MR) is 70.5 cm³/mol. The Kier molecular flexibility index (Phi) is 3.48. The fraction of sp³-hybridized carbons (Fsp3) is 0. The van der Waals surface area contributed by atoms with Gasteiger partial charge >= 0.3 is 5.97 Å². The van der Waals surface area contributed by atoms with Crippen molar-refractivity contribution in [1.82, 2.24) is 0 Å². The van der Waals surface area contributed by atoms with E-state index in [4.69, 9.17) is 16.7 Å². The van der Waals surface area contributed by atoms with Gasteiger partial charge in [0.1, 0.15) is 0 Å². The first kappa shape index (κ1) is 13.0. The van der Waals surface area contributed by atoms with Gasteiger partial charge < -0.3 is 5.11 Å². The summed E-state index contributed by atoms with van der Waals surface area (Å²) < 4.78 is 0. The summed E-state index contributed by atoms with van der Waals surface area (Å²) in [7, 11) is 0. The van der Waals surface area contributed by atoms with Crippen LogP contribution in [0.2, 0.25) is 5.02 Å². The van der Waals surface area contributed by atoms with Crippen LogP contribution in [0.3, 0.4) is 0 Å². The van der Waals surface area contributed by atoms with Crippen LogP contribution in [0.15, 0.2) is 42.5 Å². The van der Waals surface area contributed by atoms with Crippen LogP contribution in [-0.4, -0.2) is 16.0 Å². The molecule has 0 aromatic heterocycles. The molecule has 0 amide bonds. The standard InChI is InChI=1S/C13H8ClNO4/c14-9-3-1-8(2-4-9)11-6-5-10(15(18)19)7-12(11)13(16)17/h1-7H,(H,16,17). The van der Waals surface area contributed by atoms with Crippen molar-refractivity contribution in [2.75, 3.05) is 0 Å². The highest BCUT2D eigenvalue weighted by molar-refractivity contribution is 6.30. The zero-order valence-electron chi connectivity index (χ0n) is 9.54. The maximum absolute atomic E-state index is 11.2. The lowest BCUT2D eigenvalue weighted by molar-refractivity contribution is -0.384. The van der Waals surface area contributed by atoms with Gasteiger partial charge in [-0.3, -0.25) is 10.1 Å². The van der Waals surface area contributed by atoms with Gasteiger partial charge in [0.15, 0.2) is 0 Å². The summed E-state index contributed by atoms with van der Waals surface area (Å²) in [5.41, 5.74) is 0.679. The van der Waals surface area contributed by atoms with Gasteiger partial charge in [-0.25, -0.2) is 4.79 Å². The molecule has 0 aliphatic carbocycles. The Balaban J connectivity index is 2.59. The second-order valence-corrected chi connectivity index (χ2v) is 4.24. The fourth-order valence-electron chi connectivity index (χ4n) is 1.70. The molecular weight excluding hydrogens is 270 g/mol. The first-order valence-electron chi connectivity index (χ1n) is 5.26. The number of carbonyl (C=O) groups is 1. The van der Waals surface area contributed by atoms with E-state index in [9.17, 15) is 14.9 Å². The van der Waals surface area contributed by atoms with E-state index < -0.39 is 10.9 Å². The Hall–Kier alpha value is -2.40. The lowest BCUT2D eigenvalue weighted by Crippen LogP contribution is -2.01. The largest absolute Gasteiger partial charge is 0.478 e. The Labute approximate surface area is 113 Å². The van der Waals surface area contributed by atoms with Crippen molar-refractivity contribution in [1.29, 1.82) is 0 Å². The predicted octanol–water partition coefficient (Wildman–Crippen LogP) is 3.61. The molecule has 1 N–H and O–H groups in total. The van der Waals surface area contributed by atoms with Crippen LogP contribution in [0, 0.1) is 10.1 Å². The summed E-state index contributed by atoms with van der Waals surface area (Å²) in [6.07, 6.45) is 0. The second-order valence-electron chi connectivity index (χ2n) is 3.80. The molecule has 2 aromatic carbocycles. The fourth-order valence-corrected chi connectivity index (χ4v) is 1.83. The zero-order chi connectivity index (χ0) is 14.0. The van der Waals surface area contributed by atoms with Gasteiger partial charge in [-0.15, -0.1) is 0 Å². The van der Waals surface area contributed by atoms with Crippen molar-refractivity contribution in [2.45, 2.75) is 0 Å². The molecular formula is C13H8ClNO4. The molecule has 0 aliphatic heterocycles. The van der Waals surface area contributed by atoms with E-state index in [1.807, 2.05) is 0 Å². The monoisotopic (exact) mass is 277 g/mol. The van der Waals surface area contributed by atoms with Crippen molar-refractivity contribution in [2.24, 2.45) is 0 Å². The number of hydrogen-bond donors (Lipinski definition) is 1. The quantitative estimate of drug-likeness (QED) is 0.686. The number of rotatable bonds is 3. The van der Waals surface area contributed by atoms with Gasteiger partial charge in [0.05, 0.1) is 10.5 Å². The Morgan fingerprint density at radius 1 is 1.16 bits per heavy atom. The van der Waals surface area contributed by atoms with Gasteiger partial charge in [-0.05, 0) is 29.3 Å². The minimum absolute atomic E-state index is 0.114. The third kappa shape index (κ3) is 2.71. The lowest BCUT2D eigenvalue weighted by Gasteiger charge is -2.06. The average Bonchev–Trinajstić information content (AvgIpc) is 2.38. The molecule has 19 heavy (non-hydrogen) atoms. The van der Waals surface area contributed by atoms with Crippen LogP contribution in [0.1, 0.15) is 10.4 Å². The number of nitro groups is 1. The normalized spacial score (nSPS) is 10.2. The second kappa shape index (κ2) is 5.07. The Bertz CT molecular complexity index is 652.